The van der Waals surface area contributed by atoms with Gasteiger partial charge in [-0.1, -0.05) is 17.7 Å². The fourth-order valence-corrected chi connectivity index (χ4v) is 7.99. The first-order valence-corrected chi connectivity index (χ1v) is 13.5. The van der Waals surface area contributed by atoms with E-state index in [1.165, 1.54) is 50.6 Å². The number of phenols is 1. The normalized spacial score (nSPS) is 32.4. The summed E-state index contributed by atoms with van der Waals surface area (Å²) in [5.74, 6) is -6.27. The Balaban J connectivity index is 1.52. The molecule has 4 aliphatic rings. The molecule has 6 rings (SSSR count). The number of amides is 4. The molecule has 41 heavy (non-hydrogen) atoms. The second-order valence-electron chi connectivity index (χ2n) is 10.7. The molecule has 0 bridgehead atoms. The Bertz CT molecular complexity index is 1610. The predicted molar refractivity (Wildman–Crippen MR) is 146 cm³/mol. The van der Waals surface area contributed by atoms with E-state index in [1.807, 2.05) is 0 Å². The minimum Gasteiger partial charge on any atom is -0.508 e. The van der Waals surface area contributed by atoms with Crippen molar-refractivity contribution in [3.63, 3.8) is 0 Å². The fraction of sp³-hybridized carbons (Fsp3) is 0.357. The van der Waals surface area contributed by atoms with Gasteiger partial charge in [-0.15, -0.1) is 23.2 Å². The molecule has 2 aromatic carbocycles. The number of nitro groups is 1. The first-order chi connectivity index (χ1) is 19.4. The van der Waals surface area contributed by atoms with Gasteiger partial charge in [-0.2, -0.15) is 0 Å². The quantitative estimate of drug-likeness (QED) is 0.184. The van der Waals surface area contributed by atoms with E-state index in [-0.39, 0.29) is 35.5 Å². The molecule has 6 atom stereocenters. The molecule has 2 saturated heterocycles. The predicted octanol–water partition coefficient (Wildman–Crippen LogP) is 3.50. The number of likely N-dealkylation sites (tertiary alicyclic amines) is 1. The lowest BCUT2D eigenvalue weighted by atomic mass is 9.56. The number of anilines is 1. The van der Waals surface area contributed by atoms with Gasteiger partial charge < -0.3 is 9.84 Å². The molecule has 1 saturated carbocycles. The van der Waals surface area contributed by atoms with Crippen LogP contribution in [0.3, 0.4) is 0 Å². The van der Waals surface area contributed by atoms with Crippen LogP contribution in [0, 0.1) is 27.9 Å². The topological polar surface area (TPSA) is 147 Å². The van der Waals surface area contributed by atoms with E-state index in [2.05, 4.69) is 0 Å². The summed E-state index contributed by atoms with van der Waals surface area (Å²) in [5.41, 5.74) is 0.456. The Morgan fingerprint density at radius 3 is 2.46 bits per heavy atom. The number of ether oxygens (including phenoxy) is 1. The number of nitrogens with zero attached hydrogens (tertiary/aromatic N) is 3. The minimum atomic E-state index is -2.05. The summed E-state index contributed by atoms with van der Waals surface area (Å²) in [4.78, 5) is 63.2. The number of phenolic OH excluding ortho intramolecular Hbond substituents is 1. The van der Waals surface area contributed by atoms with Crippen LogP contribution in [0.1, 0.15) is 24.3 Å². The van der Waals surface area contributed by atoms with Crippen LogP contribution in [0.15, 0.2) is 54.1 Å². The van der Waals surface area contributed by atoms with Gasteiger partial charge in [0.15, 0.2) is 9.75 Å². The maximum Gasteiger partial charge on any atom is 0.271 e. The first kappa shape index (κ1) is 27.2. The zero-order valence-corrected chi connectivity index (χ0v) is 23.3. The van der Waals surface area contributed by atoms with Crippen molar-refractivity contribution in [1.82, 2.24) is 4.90 Å². The molecule has 2 aromatic rings. The maximum atomic E-state index is 14.0. The maximum absolute atomic E-state index is 14.0. The Morgan fingerprint density at radius 2 is 1.78 bits per heavy atom. The second kappa shape index (κ2) is 9.02. The average molecular weight is 600 g/mol. The number of imide groups is 2. The van der Waals surface area contributed by atoms with Gasteiger partial charge in [-0.25, -0.2) is 4.90 Å². The number of hydrogen-bond acceptors (Lipinski definition) is 8. The molecule has 6 unspecified atom stereocenters. The van der Waals surface area contributed by atoms with E-state index >= 15 is 0 Å². The Hall–Kier alpha value is -3.96. The Morgan fingerprint density at radius 1 is 1.05 bits per heavy atom. The average Bonchev–Trinajstić information content (AvgIpc) is 3.28. The number of halogens is 2. The van der Waals surface area contributed by atoms with Crippen molar-refractivity contribution >= 4 is 58.2 Å². The molecule has 3 fully saturated rings. The molecular formula is C28H23Cl2N3O8. The van der Waals surface area contributed by atoms with Crippen LogP contribution >= 0.6 is 23.2 Å². The summed E-state index contributed by atoms with van der Waals surface area (Å²) in [5, 5.41) is 22.3. The van der Waals surface area contributed by atoms with E-state index in [9.17, 15) is 34.4 Å². The van der Waals surface area contributed by atoms with Gasteiger partial charge in [0.2, 0.25) is 11.8 Å². The molecule has 0 radical (unpaired) electrons. The molecule has 4 amide bonds. The van der Waals surface area contributed by atoms with Gasteiger partial charge in [0.05, 0.1) is 29.6 Å². The van der Waals surface area contributed by atoms with Gasteiger partial charge in [-0.3, -0.25) is 34.2 Å². The van der Waals surface area contributed by atoms with Crippen LogP contribution in [0.25, 0.3) is 0 Å². The van der Waals surface area contributed by atoms with Gasteiger partial charge in [-0.05, 0) is 43.0 Å². The van der Waals surface area contributed by atoms with Gasteiger partial charge in [0.1, 0.15) is 11.5 Å². The van der Waals surface area contributed by atoms with Gasteiger partial charge in [0.25, 0.3) is 17.5 Å². The third-order valence-electron chi connectivity index (χ3n) is 8.86. The van der Waals surface area contributed by atoms with Crippen LogP contribution in [0.4, 0.5) is 11.4 Å². The number of carbonyl (C=O) groups excluding carboxylic acids is 4. The smallest absolute Gasteiger partial charge is 0.271 e. The molecule has 11 nitrogen and oxygen atoms in total. The minimum absolute atomic E-state index is 0.0575. The zero-order chi connectivity index (χ0) is 29.6. The number of allylic oxidation sites excluding steroid dienone is 2. The number of alkyl halides is 2. The summed E-state index contributed by atoms with van der Waals surface area (Å²) in [6.45, 7) is 0. The number of carbonyl (C=O) groups is 4. The number of rotatable bonds is 4. The second-order valence-corrected chi connectivity index (χ2v) is 12.0. The Labute approximate surface area is 243 Å². The van der Waals surface area contributed by atoms with Crippen molar-refractivity contribution in [3.8, 4) is 11.5 Å². The molecule has 13 heteroatoms. The standard InChI is InChI=1S/C28H23Cl2N3O8/c1-31-25(37)27(29)12-19-16(22(28(27,30)26(31)38)18-11-15(41-2)6-9-20(18)34)7-8-17-21(19)24(36)32(23(17)35)13-4-3-5-14(10-13)33(39)40/h3-7,9-11,17,19,21-22,34H,8,12H2,1-2H3. The Kier molecular flexibility index (Phi) is 5.99. The highest BCUT2D eigenvalue weighted by Crippen LogP contribution is 2.66. The number of methoxy groups -OCH3 is 1. The van der Waals surface area contributed by atoms with Crippen molar-refractivity contribution in [2.45, 2.75) is 28.5 Å². The van der Waals surface area contributed by atoms with E-state index in [4.69, 9.17) is 27.9 Å². The summed E-state index contributed by atoms with van der Waals surface area (Å²) in [7, 11) is 2.70. The van der Waals surface area contributed by atoms with Crippen molar-refractivity contribution in [3.05, 3.63) is 69.8 Å². The molecule has 2 aliphatic carbocycles. The summed E-state index contributed by atoms with van der Waals surface area (Å²) in [6.07, 6.45) is 1.62. The van der Waals surface area contributed by atoms with Crippen LogP contribution in [-0.4, -0.2) is 62.5 Å². The fourth-order valence-electron chi connectivity index (χ4n) is 6.98. The lowest BCUT2D eigenvalue weighted by Gasteiger charge is -2.50. The number of fused-ring (bicyclic) bond motifs is 4. The zero-order valence-electron chi connectivity index (χ0n) is 21.7. The van der Waals surface area contributed by atoms with E-state index in [0.29, 0.717) is 11.3 Å². The van der Waals surface area contributed by atoms with E-state index < -0.39 is 62.0 Å². The molecule has 0 aromatic heterocycles. The molecule has 1 N–H and O–H groups in total. The van der Waals surface area contributed by atoms with E-state index in [1.54, 1.807) is 6.08 Å². The summed E-state index contributed by atoms with van der Waals surface area (Å²) < 4.78 is 5.34. The third kappa shape index (κ3) is 3.45. The van der Waals surface area contributed by atoms with Crippen LogP contribution < -0.4 is 9.64 Å². The highest BCUT2D eigenvalue weighted by Gasteiger charge is 2.76. The number of benzene rings is 2. The lowest BCUT2D eigenvalue weighted by Crippen LogP contribution is -2.60. The molecule has 2 aliphatic heterocycles. The number of non-ortho nitro benzene ring substituents is 1. The SMILES string of the molecule is COc1ccc(O)c(C2C3=CCC4C(=O)N(c5cccc([N+](=O)[O-])c5)C(=O)C4C3CC3(Cl)C(=O)N(C)C(=O)C23Cl)c1. The largest absolute Gasteiger partial charge is 0.508 e. The van der Waals surface area contributed by atoms with Crippen molar-refractivity contribution < 1.29 is 33.9 Å². The first-order valence-electron chi connectivity index (χ1n) is 12.8. The van der Waals surface area contributed by atoms with Crippen LogP contribution in [-0.2, 0) is 19.2 Å². The van der Waals surface area contributed by atoms with Gasteiger partial charge in [0, 0.05) is 30.7 Å². The van der Waals surface area contributed by atoms with E-state index in [0.717, 1.165) is 15.9 Å². The monoisotopic (exact) mass is 599 g/mol. The highest BCUT2D eigenvalue weighted by molar-refractivity contribution is 6.53. The summed E-state index contributed by atoms with van der Waals surface area (Å²) in [6, 6.07) is 9.63. The number of aromatic hydroxyl groups is 1. The van der Waals surface area contributed by atoms with Gasteiger partial charge >= 0.3 is 0 Å². The molecule has 0 spiro atoms. The third-order valence-corrected chi connectivity index (χ3v) is 10.3. The summed E-state index contributed by atoms with van der Waals surface area (Å²) >= 11 is 14.2. The van der Waals surface area contributed by atoms with Crippen molar-refractivity contribution in [1.29, 1.82) is 0 Å². The molecule has 212 valence electrons. The van der Waals surface area contributed by atoms with Crippen molar-refractivity contribution in [2.75, 3.05) is 19.1 Å². The number of hydrogen-bond donors (Lipinski definition) is 1. The molecule has 2 heterocycles. The highest BCUT2D eigenvalue weighted by atomic mass is 35.5. The molecular weight excluding hydrogens is 577 g/mol. The van der Waals surface area contributed by atoms with Crippen LogP contribution in [0.2, 0.25) is 0 Å². The van der Waals surface area contributed by atoms with Crippen LogP contribution in [0.5, 0.6) is 11.5 Å². The van der Waals surface area contributed by atoms with Crippen molar-refractivity contribution in [2.24, 2.45) is 17.8 Å². The lowest BCUT2D eigenvalue weighted by molar-refractivity contribution is -0.384. The number of nitro benzene ring substituents is 1.